The van der Waals surface area contributed by atoms with Crippen molar-refractivity contribution in [3.05, 3.63) is 53.6 Å². The summed E-state index contributed by atoms with van der Waals surface area (Å²) in [7, 11) is 5.56. The highest BCUT2D eigenvalue weighted by molar-refractivity contribution is 6.06. The fraction of sp³-hybridized carbons (Fsp3) is 0.348. The van der Waals surface area contributed by atoms with Crippen molar-refractivity contribution < 1.29 is 14.4 Å². The molecule has 7 nitrogen and oxygen atoms in total. The minimum atomic E-state index is -0.552. The summed E-state index contributed by atoms with van der Waals surface area (Å²) in [5.41, 5.74) is 3.74. The van der Waals surface area contributed by atoms with E-state index in [-0.39, 0.29) is 24.1 Å². The number of amides is 3. The lowest BCUT2D eigenvalue weighted by atomic mass is 9.89. The van der Waals surface area contributed by atoms with Gasteiger partial charge in [0.05, 0.1) is 5.92 Å². The first-order valence-corrected chi connectivity index (χ1v) is 9.98. The second kappa shape index (κ2) is 9.09. The number of anilines is 3. The fourth-order valence-corrected chi connectivity index (χ4v) is 3.48. The van der Waals surface area contributed by atoms with Crippen LogP contribution >= 0.6 is 0 Å². The van der Waals surface area contributed by atoms with Crippen LogP contribution in [-0.2, 0) is 14.4 Å². The molecule has 0 bridgehead atoms. The van der Waals surface area contributed by atoms with Gasteiger partial charge in [-0.2, -0.15) is 0 Å². The van der Waals surface area contributed by atoms with Crippen LogP contribution in [0.4, 0.5) is 17.1 Å². The molecule has 0 spiro atoms. The Balaban J connectivity index is 1.75. The molecule has 7 heteroatoms. The van der Waals surface area contributed by atoms with Gasteiger partial charge in [0, 0.05) is 43.5 Å². The summed E-state index contributed by atoms with van der Waals surface area (Å²) in [6.45, 7) is 2.56. The van der Waals surface area contributed by atoms with Gasteiger partial charge >= 0.3 is 0 Å². The van der Waals surface area contributed by atoms with Crippen LogP contribution in [0, 0.1) is 6.92 Å². The summed E-state index contributed by atoms with van der Waals surface area (Å²) in [6.07, 6.45) is 0.511. The normalized spacial score (nSPS) is 15.7. The first kappa shape index (κ1) is 21.5. The number of benzene rings is 2. The van der Waals surface area contributed by atoms with Gasteiger partial charge in [-0.05, 0) is 50.3 Å². The van der Waals surface area contributed by atoms with Crippen molar-refractivity contribution in [2.45, 2.75) is 25.7 Å². The van der Waals surface area contributed by atoms with E-state index >= 15 is 0 Å². The molecule has 3 rings (SSSR count). The van der Waals surface area contributed by atoms with Crippen LogP contribution in [0.1, 0.15) is 29.9 Å². The van der Waals surface area contributed by atoms with Gasteiger partial charge in [0.15, 0.2) is 0 Å². The molecule has 2 aromatic rings. The van der Waals surface area contributed by atoms with Crippen LogP contribution in [0.2, 0.25) is 0 Å². The van der Waals surface area contributed by atoms with E-state index in [0.717, 1.165) is 16.8 Å². The molecule has 1 atom stereocenters. The SMILES string of the molecule is Cc1ccc(NC(=O)C2CC(=O)N(C)c3ccccc32)cc1NC(=O)CCN(C)C. The quantitative estimate of drug-likeness (QED) is 0.770. The van der Waals surface area contributed by atoms with Gasteiger partial charge < -0.3 is 20.4 Å². The first-order chi connectivity index (χ1) is 14.3. The average molecular weight is 409 g/mol. The Hall–Kier alpha value is -3.19. The van der Waals surface area contributed by atoms with E-state index in [9.17, 15) is 14.4 Å². The van der Waals surface area contributed by atoms with E-state index < -0.39 is 5.92 Å². The maximum atomic E-state index is 13.0. The van der Waals surface area contributed by atoms with Gasteiger partial charge in [-0.15, -0.1) is 0 Å². The zero-order chi connectivity index (χ0) is 21.8. The van der Waals surface area contributed by atoms with Crippen molar-refractivity contribution in [3.63, 3.8) is 0 Å². The Labute approximate surface area is 177 Å². The molecule has 2 N–H and O–H groups in total. The Morgan fingerprint density at radius 2 is 1.87 bits per heavy atom. The number of nitrogens with zero attached hydrogens (tertiary/aromatic N) is 2. The number of carbonyl (C=O) groups is 3. The highest BCUT2D eigenvalue weighted by Crippen LogP contribution is 2.36. The summed E-state index contributed by atoms with van der Waals surface area (Å²) in [5.74, 6) is -0.960. The van der Waals surface area contributed by atoms with Crippen molar-refractivity contribution in [1.29, 1.82) is 0 Å². The molecule has 2 aromatic carbocycles. The zero-order valence-electron chi connectivity index (χ0n) is 17.9. The summed E-state index contributed by atoms with van der Waals surface area (Å²) in [6, 6.07) is 12.9. The van der Waals surface area contributed by atoms with Gasteiger partial charge in [0.2, 0.25) is 17.7 Å². The summed E-state index contributed by atoms with van der Waals surface area (Å²) in [4.78, 5) is 41.1. The highest BCUT2D eigenvalue weighted by atomic mass is 16.2. The van der Waals surface area contributed by atoms with Crippen LogP contribution in [0.15, 0.2) is 42.5 Å². The van der Waals surface area contributed by atoms with Crippen LogP contribution in [-0.4, -0.2) is 50.3 Å². The van der Waals surface area contributed by atoms with Crippen molar-refractivity contribution in [2.24, 2.45) is 0 Å². The van der Waals surface area contributed by atoms with E-state index in [1.807, 2.05) is 56.3 Å². The van der Waals surface area contributed by atoms with Crippen molar-refractivity contribution in [3.8, 4) is 0 Å². The Kier molecular flexibility index (Phi) is 6.52. The number of carbonyl (C=O) groups excluding carboxylic acids is 3. The Bertz CT molecular complexity index is 971. The number of para-hydroxylation sites is 1. The smallest absolute Gasteiger partial charge is 0.232 e. The number of aryl methyl sites for hydroxylation is 1. The molecule has 158 valence electrons. The molecule has 1 aliphatic rings. The summed E-state index contributed by atoms with van der Waals surface area (Å²) in [5, 5.41) is 5.82. The number of hydrogen-bond donors (Lipinski definition) is 2. The molecular formula is C23H28N4O3. The van der Waals surface area contributed by atoms with Crippen molar-refractivity contribution in [2.75, 3.05) is 43.2 Å². The molecule has 1 aliphatic heterocycles. The van der Waals surface area contributed by atoms with Crippen molar-refractivity contribution >= 4 is 34.8 Å². The largest absolute Gasteiger partial charge is 0.326 e. The van der Waals surface area contributed by atoms with Gasteiger partial charge in [-0.25, -0.2) is 0 Å². The third-order valence-electron chi connectivity index (χ3n) is 5.31. The van der Waals surface area contributed by atoms with Gasteiger partial charge in [0.25, 0.3) is 0 Å². The lowest BCUT2D eigenvalue weighted by Crippen LogP contribution is -2.37. The van der Waals surface area contributed by atoms with Gasteiger partial charge in [0.1, 0.15) is 0 Å². The van der Waals surface area contributed by atoms with E-state index in [2.05, 4.69) is 10.6 Å². The zero-order valence-corrected chi connectivity index (χ0v) is 17.9. The summed E-state index contributed by atoms with van der Waals surface area (Å²) < 4.78 is 0. The Morgan fingerprint density at radius 3 is 2.60 bits per heavy atom. The summed E-state index contributed by atoms with van der Waals surface area (Å²) >= 11 is 0. The van der Waals surface area contributed by atoms with Crippen LogP contribution in [0.25, 0.3) is 0 Å². The minimum absolute atomic E-state index is 0.0786. The molecule has 0 aromatic heterocycles. The van der Waals surface area contributed by atoms with E-state index in [1.54, 1.807) is 24.1 Å². The van der Waals surface area contributed by atoms with Crippen LogP contribution < -0.4 is 15.5 Å². The fourth-order valence-electron chi connectivity index (χ4n) is 3.48. The topological polar surface area (TPSA) is 81.8 Å². The highest BCUT2D eigenvalue weighted by Gasteiger charge is 2.33. The second-order valence-corrected chi connectivity index (χ2v) is 7.89. The van der Waals surface area contributed by atoms with Crippen molar-refractivity contribution in [1.82, 2.24) is 4.90 Å². The third-order valence-corrected chi connectivity index (χ3v) is 5.31. The molecule has 3 amide bonds. The maximum absolute atomic E-state index is 13.0. The second-order valence-electron chi connectivity index (χ2n) is 7.89. The van der Waals surface area contributed by atoms with Gasteiger partial charge in [-0.3, -0.25) is 14.4 Å². The third kappa shape index (κ3) is 4.86. The number of hydrogen-bond acceptors (Lipinski definition) is 4. The number of rotatable bonds is 6. The molecule has 0 radical (unpaired) electrons. The average Bonchev–Trinajstić information content (AvgIpc) is 2.71. The number of nitrogens with one attached hydrogen (secondary N) is 2. The molecular weight excluding hydrogens is 380 g/mol. The molecule has 1 heterocycles. The predicted molar refractivity (Wildman–Crippen MR) is 119 cm³/mol. The lowest BCUT2D eigenvalue weighted by Gasteiger charge is -2.30. The van der Waals surface area contributed by atoms with Gasteiger partial charge in [-0.1, -0.05) is 24.3 Å². The van der Waals surface area contributed by atoms with E-state index in [4.69, 9.17) is 0 Å². The monoisotopic (exact) mass is 408 g/mol. The van der Waals surface area contributed by atoms with Crippen LogP contribution in [0.3, 0.4) is 0 Å². The Morgan fingerprint density at radius 1 is 1.13 bits per heavy atom. The molecule has 0 saturated heterocycles. The first-order valence-electron chi connectivity index (χ1n) is 9.98. The molecule has 30 heavy (non-hydrogen) atoms. The number of fused-ring (bicyclic) bond motifs is 1. The standard InChI is InChI=1S/C23H28N4O3/c1-15-9-10-16(13-19(15)25-21(28)11-12-26(2)3)24-23(30)18-14-22(29)27(4)20-8-6-5-7-17(18)20/h5-10,13,18H,11-12,14H2,1-4H3,(H,24,30)(H,25,28). The predicted octanol–water partition coefficient (Wildman–Crippen LogP) is 2.97. The minimum Gasteiger partial charge on any atom is -0.326 e. The van der Waals surface area contributed by atoms with E-state index in [0.29, 0.717) is 24.3 Å². The maximum Gasteiger partial charge on any atom is 0.232 e. The van der Waals surface area contributed by atoms with Crippen LogP contribution in [0.5, 0.6) is 0 Å². The molecule has 1 unspecified atom stereocenters. The molecule has 0 saturated carbocycles. The lowest BCUT2D eigenvalue weighted by molar-refractivity contribution is -0.124. The molecule has 0 aliphatic carbocycles. The molecule has 0 fully saturated rings. The van der Waals surface area contributed by atoms with E-state index in [1.165, 1.54) is 0 Å².